The first-order valence-electron chi connectivity index (χ1n) is 6.29. The van der Waals surface area contributed by atoms with Crippen LogP contribution in [0.5, 0.6) is 0 Å². The van der Waals surface area contributed by atoms with Crippen molar-refractivity contribution >= 4 is 18.1 Å². The van der Waals surface area contributed by atoms with E-state index in [4.69, 9.17) is 9.31 Å². The Hall–Kier alpha value is -1.40. The molecule has 0 N–H and O–H groups in total. The quantitative estimate of drug-likeness (QED) is 0.735. The third kappa shape index (κ3) is 1.86. The molecule has 19 heavy (non-hydrogen) atoms. The van der Waals surface area contributed by atoms with Crippen LogP contribution in [0.1, 0.15) is 27.7 Å². The molecule has 0 unspecified atom stereocenters. The number of hydrogen-bond acceptors (Lipinski definition) is 3. The molecule has 1 saturated heterocycles. The molecule has 6 heteroatoms. The maximum atomic E-state index is 14.1. The van der Waals surface area contributed by atoms with Gasteiger partial charge in [-0.2, -0.15) is 5.10 Å². The molecule has 2 aromatic heterocycles. The first-order chi connectivity index (χ1) is 8.80. The summed E-state index contributed by atoms with van der Waals surface area (Å²) in [5, 5.41) is 4.00. The highest BCUT2D eigenvalue weighted by Crippen LogP contribution is 2.36. The fraction of sp³-hybridized carbons (Fsp3) is 0.462. The van der Waals surface area contributed by atoms with Crippen molar-refractivity contribution in [2.24, 2.45) is 0 Å². The molecule has 0 amide bonds. The van der Waals surface area contributed by atoms with E-state index < -0.39 is 18.3 Å². The van der Waals surface area contributed by atoms with E-state index in [1.165, 1.54) is 10.7 Å². The number of halogens is 1. The van der Waals surface area contributed by atoms with E-state index in [1.807, 2.05) is 33.8 Å². The van der Waals surface area contributed by atoms with Crippen LogP contribution in [0, 0.1) is 5.82 Å². The third-order valence-corrected chi connectivity index (χ3v) is 4.02. The van der Waals surface area contributed by atoms with Gasteiger partial charge >= 0.3 is 7.12 Å². The van der Waals surface area contributed by atoms with E-state index in [0.717, 1.165) is 5.52 Å². The summed E-state index contributed by atoms with van der Waals surface area (Å²) >= 11 is 0. The van der Waals surface area contributed by atoms with Crippen LogP contribution in [-0.4, -0.2) is 27.9 Å². The minimum absolute atomic E-state index is 0.380. The number of hydrogen-bond donors (Lipinski definition) is 0. The zero-order chi connectivity index (χ0) is 13.8. The summed E-state index contributed by atoms with van der Waals surface area (Å²) in [5.74, 6) is -0.380. The van der Waals surface area contributed by atoms with Gasteiger partial charge in [-0.3, -0.25) is 0 Å². The highest BCUT2D eigenvalue weighted by Gasteiger charge is 2.52. The monoisotopic (exact) mass is 262 g/mol. The highest BCUT2D eigenvalue weighted by atomic mass is 19.1. The molecule has 1 aliphatic heterocycles. The number of pyridine rings is 1. The fourth-order valence-electron chi connectivity index (χ4n) is 2.11. The molecule has 0 aromatic carbocycles. The molecule has 2 aromatic rings. The van der Waals surface area contributed by atoms with Crippen molar-refractivity contribution in [3.63, 3.8) is 0 Å². The molecular weight excluding hydrogens is 246 g/mol. The van der Waals surface area contributed by atoms with Gasteiger partial charge in [0.2, 0.25) is 0 Å². The second kappa shape index (κ2) is 3.80. The standard InChI is InChI=1S/C13H16BFN2O2/c1-12(2)13(3,4)19-14(18-12)10-7-9-5-6-16-17(9)8-11(10)15/h5-8H,1-4H3. The van der Waals surface area contributed by atoms with E-state index in [2.05, 4.69) is 5.10 Å². The van der Waals surface area contributed by atoms with Crippen LogP contribution in [0.15, 0.2) is 24.5 Å². The summed E-state index contributed by atoms with van der Waals surface area (Å²) in [4.78, 5) is 0. The summed E-state index contributed by atoms with van der Waals surface area (Å²) in [7, 11) is -0.690. The number of fused-ring (bicyclic) bond motifs is 1. The normalized spacial score (nSPS) is 21.2. The Bertz CT molecular complexity index is 623. The van der Waals surface area contributed by atoms with Crippen LogP contribution in [0.25, 0.3) is 5.52 Å². The summed E-state index contributed by atoms with van der Waals surface area (Å²) in [6.07, 6.45) is 2.97. The molecule has 1 fully saturated rings. The third-order valence-electron chi connectivity index (χ3n) is 4.02. The summed E-state index contributed by atoms with van der Waals surface area (Å²) in [6, 6.07) is 3.53. The van der Waals surface area contributed by atoms with Crippen molar-refractivity contribution in [2.45, 2.75) is 38.9 Å². The van der Waals surface area contributed by atoms with Crippen LogP contribution in [0.4, 0.5) is 4.39 Å². The van der Waals surface area contributed by atoms with Gasteiger partial charge < -0.3 is 9.31 Å². The second-order valence-electron chi connectivity index (χ2n) is 5.87. The van der Waals surface area contributed by atoms with Crippen LogP contribution < -0.4 is 5.46 Å². The Labute approximate surface area is 111 Å². The molecule has 0 radical (unpaired) electrons. The first kappa shape index (κ1) is 12.6. The Morgan fingerprint density at radius 3 is 2.47 bits per heavy atom. The Balaban J connectivity index is 2.04. The number of aromatic nitrogens is 2. The lowest BCUT2D eigenvalue weighted by Crippen LogP contribution is -2.41. The molecule has 0 spiro atoms. The first-order valence-corrected chi connectivity index (χ1v) is 6.29. The van der Waals surface area contributed by atoms with Crippen molar-refractivity contribution in [2.75, 3.05) is 0 Å². The molecular formula is C13H16BFN2O2. The molecule has 0 aliphatic carbocycles. The zero-order valence-electron chi connectivity index (χ0n) is 11.5. The Kier molecular flexibility index (Phi) is 2.53. The van der Waals surface area contributed by atoms with Gasteiger partial charge in [-0.25, -0.2) is 8.91 Å². The lowest BCUT2D eigenvalue weighted by atomic mass is 9.79. The highest BCUT2D eigenvalue weighted by molar-refractivity contribution is 6.62. The topological polar surface area (TPSA) is 35.8 Å². The molecule has 3 rings (SSSR count). The summed E-state index contributed by atoms with van der Waals surface area (Å²) in [5.41, 5.74) is 0.269. The summed E-state index contributed by atoms with van der Waals surface area (Å²) < 4.78 is 27.4. The van der Waals surface area contributed by atoms with Crippen molar-refractivity contribution in [3.05, 3.63) is 30.3 Å². The SMILES string of the molecule is CC1(C)OB(c2cc3ccnn3cc2F)OC1(C)C. The second-order valence-corrected chi connectivity index (χ2v) is 5.87. The van der Waals surface area contributed by atoms with E-state index in [-0.39, 0.29) is 5.82 Å². The molecule has 3 heterocycles. The van der Waals surface area contributed by atoms with E-state index in [0.29, 0.717) is 5.46 Å². The van der Waals surface area contributed by atoms with E-state index in [9.17, 15) is 4.39 Å². The van der Waals surface area contributed by atoms with Gasteiger partial charge in [-0.05, 0) is 39.8 Å². The smallest absolute Gasteiger partial charge is 0.399 e. The van der Waals surface area contributed by atoms with E-state index >= 15 is 0 Å². The van der Waals surface area contributed by atoms with Crippen molar-refractivity contribution in [1.82, 2.24) is 9.61 Å². The Morgan fingerprint density at radius 1 is 1.21 bits per heavy atom. The molecule has 100 valence electrons. The van der Waals surface area contributed by atoms with Crippen molar-refractivity contribution in [1.29, 1.82) is 0 Å². The molecule has 0 bridgehead atoms. The zero-order valence-corrected chi connectivity index (χ0v) is 11.5. The average molecular weight is 262 g/mol. The number of nitrogens with zero attached hydrogens (tertiary/aromatic N) is 2. The van der Waals surface area contributed by atoms with Crippen molar-refractivity contribution in [3.8, 4) is 0 Å². The summed E-state index contributed by atoms with van der Waals surface area (Å²) in [6.45, 7) is 7.79. The van der Waals surface area contributed by atoms with Crippen molar-refractivity contribution < 1.29 is 13.7 Å². The van der Waals surface area contributed by atoms with Crippen LogP contribution in [-0.2, 0) is 9.31 Å². The maximum Gasteiger partial charge on any atom is 0.497 e. The van der Waals surface area contributed by atoms with Gasteiger partial charge in [-0.15, -0.1) is 0 Å². The van der Waals surface area contributed by atoms with Crippen LogP contribution >= 0.6 is 0 Å². The molecule has 0 atom stereocenters. The van der Waals surface area contributed by atoms with Crippen LogP contribution in [0.2, 0.25) is 0 Å². The van der Waals surface area contributed by atoms with Gasteiger partial charge in [0.1, 0.15) is 5.82 Å². The van der Waals surface area contributed by atoms with E-state index in [1.54, 1.807) is 12.3 Å². The lowest BCUT2D eigenvalue weighted by Gasteiger charge is -2.32. The minimum atomic E-state index is -0.690. The van der Waals surface area contributed by atoms with Gasteiger partial charge in [0.15, 0.2) is 0 Å². The molecule has 4 nitrogen and oxygen atoms in total. The van der Waals surface area contributed by atoms with Gasteiger partial charge in [0.05, 0.1) is 22.9 Å². The predicted octanol–water partition coefficient (Wildman–Crippen LogP) is 1.77. The van der Waals surface area contributed by atoms with Gasteiger partial charge in [-0.1, -0.05) is 0 Å². The van der Waals surface area contributed by atoms with Gasteiger partial charge in [0.25, 0.3) is 0 Å². The molecule has 0 saturated carbocycles. The van der Waals surface area contributed by atoms with Gasteiger partial charge in [0, 0.05) is 11.7 Å². The molecule has 1 aliphatic rings. The largest absolute Gasteiger partial charge is 0.497 e. The fourth-order valence-corrected chi connectivity index (χ4v) is 2.11. The maximum absolute atomic E-state index is 14.1. The lowest BCUT2D eigenvalue weighted by molar-refractivity contribution is 0.00578. The average Bonchev–Trinajstić information content (AvgIpc) is 2.80. The Morgan fingerprint density at radius 2 is 1.84 bits per heavy atom. The van der Waals surface area contributed by atoms with Crippen LogP contribution in [0.3, 0.4) is 0 Å². The predicted molar refractivity (Wildman–Crippen MR) is 70.9 cm³/mol. The number of rotatable bonds is 1. The minimum Gasteiger partial charge on any atom is -0.399 e.